The van der Waals surface area contributed by atoms with Crippen molar-refractivity contribution in [2.45, 2.75) is 38.1 Å². The lowest BCUT2D eigenvalue weighted by Gasteiger charge is -2.18. The van der Waals surface area contributed by atoms with Crippen LogP contribution in [0.5, 0.6) is 0 Å². The summed E-state index contributed by atoms with van der Waals surface area (Å²) in [4.78, 5) is 25.7. The van der Waals surface area contributed by atoms with Crippen LogP contribution in [0.15, 0.2) is 24.3 Å². The molecule has 0 spiro atoms. The Morgan fingerprint density at radius 2 is 2.05 bits per heavy atom. The molecule has 0 radical (unpaired) electrons. The van der Waals surface area contributed by atoms with Crippen molar-refractivity contribution in [3.8, 4) is 0 Å². The average molecular weight is 290 g/mol. The summed E-state index contributed by atoms with van der Waals surface area (Å²) in [6.07, 6.45) is 4.39. The van der Waals surface area contributed by atoms with Crippen LogP contribution in [0.4, 0.5) is 10.1 Å². The molecule has 3 rings (SSSR count). The molecule has 0 unspecified atom stereocenters. The molecular weight excluding hydrogens is 271 g/mol. The van der Waals surface area contributed by atoms with Crippen LogP contribution in [-0.2, 0) is 9.59 Å². The number of amides is 2. The lowest BCUT2D eigenvalue weighted by molar-refractivity contribution is -0.125. The molecule has 1 N–H and O–H groups in total. The van der Waals surface area contributed by atoms with Crippen LogP contribution in [0, 0.1) is 11.7 Å². The highest BCUT2D eigenvalue weighted by Crippen LogP contribution is 2.26. The van der Waals surface area contributed by atoms with Gasteiger partial charge in [0.05, 0.1) is 6.04 Å². The van der Waals surface area contributed by atoms with Gasteiger partial charge in [0.25, 0.3) is 0 Å². The molecule has 2 amide bonds. The summed E-state index contributed by atoms with van der Waals surface area (Å²) in [5, 5.41) is 2.97. The Bertz CT molecular complexity index is 555. The third-order valence-electron chi connectivity index (χ3n) is 4.32. The van der Waals surface area contributed by atoms with Crippen LogP contribution in [0.2, 0.25) is 0 Å². The van der Waals surface area contributed by atoms with Gasteiger partial charge in [-0.15, -0.1) is 0 Å². The molecule has 1 aromatic rings. The standard InChI is InChI=1S/C16H19FN2O2/c17-12-6-3-7-14(8-12)19-10-13(9-15(19)20)18-16(21)11-4-1-2-5-11/h3,6-8,11,13H,1-2,4-5,9-10H2,(H,18,21)/t13-/m0/s1. The predicted octanol–water partition coefficient (Wildman–Crippen LogP) is 2.24. The second-order valence-electron chi connectivity index (χ2n) is 5.88. The average Bonchev–Trinajstić information content (AvgIpc) is 3.08. The Hall–Kier alpha value is -1.91. The number of hydrogen-bond donors (Lipinski definition) is 1. The highest BCUT2D eigenvalue weighted by Gasteiger charge is 2.33. The Morgan fingerprint density at radius 1 is 1.29 bits per heavy atom. The van der Waals surface area contributed by atoms with Crippen LogP contribution in [-0.4, -0.2) is 24.4 Å². The summed E-state index contributed by atoms with van der Waals surface area (Å²) < 4.78 is 13.3. The van der Waals surface area contributed by atoms with Crippen LogP contribution < -0.4 is 10.2 Å². The Kier molecular flexibility index (Phi) is 3.90. The molecule has 2 fully saturated rings. The van der Waals surface area contributed by atoms with Gasteiger partial charge in [-0.3, -0.25) is 9.59 Å². The first-order valence-corrected chi connectivity index (χ1v) is 7.50. The maximum Gasteiger partial charge on any atom is 0.229 e. The van der Waals surface area contributed by atoms with Gasteiger partial charge in [-0.2, -0.15) is 0 Å². The third kappa shape index (κ3) is 3.06. The van der Waals surface area contributed by atoms with E-state index in [9.17, 15) is 14.0 Å². The number of hydrogen-bond acceptors (Lipinski definition) is 2. The fraction of sp³-hybridized carbons (Fsp3) is 0.500. The van der Waals surface area contributed by atoms with Gasteiger partial charge in [0.2, 0.25) is 11.8 Å². The highest BCUT2D eigenvalue weighted by molar-refractivity contribution is 5.96. The minimum absolute atomic E-state index is 0.0615. The molecule has 112 valence electrons. The largest absolute Gasteiger partial charge is 0.351 e. The van der Waals surface area contributed by atoms with E-state index in [0.717, 1.165) is 25.7 Å². The SMILES string of the molecule is O=C(N[C@H]1CC(=O)N(c2cccc(F)c2)C1)C1CCCC1. The first-order valence-electron chi connectivity index (χ1n) is 7.50. The summed E-state index contributed by atoms with van der Waals surface area (Å²) in [7, 11) is 0. The number of rotatable bonds is 3. The zero-order valence-corrected chi connectivity index (χ0v) is 11.8. The van der Waals surface area contributed by atoms with Gasteiger partial charge < -0.3 is 10.2 Å². The molecule has 4 nitrogen and oxygen atoms in total. The maximum atomic E-state index is 13.3. The van der Waals surface area contributed by atoms with Crippen LogP contribution >= 0.6 is 0 Å². The molecule has 21 heavy (non-hydrogen) atoms. The van der Waals surface area contributed by atoms with Gasteiger partial charge >= 0.3 is 0 Å². The van der Waals surface area contributed by atoms with E-state index in [1.807, 2.05) is 0 Å². The molecule has 1 heterocycles. The molecule has 5 heteroatoms. The van der Waals surface area contributed by atoms with Crippen LogP contribution in [0.3, 0.4) is 0 Å². The van der Waals surface area contributed by atoms with E-state index >= 15 is 0 Å². The highest BCUT2D eigenvalue weighted by atomic mass is 19.1. The number of carbonyl (C=O) groups is 2. The number of anilines is 1. The molecule has 1 saturated carbocycles. The van der Waals surface area contributed by atoms with Crippen LogP contribution in [0.1, 0.15) is 32.1 Å². The second-order valence-corrected chi connectivity index (χ2v) is 5.88. The van der Waals surface area contributed by atoms with Crippen molar-refractivity contribution in [1.29, 1.82) is 0 Å². The van der Waals surface area contributed by atoms with Gasteiger partial charge in [-0.25, -0.2) is 4.39 Å². The van der Waals surface area contributed by atoms with Crippen LogP contribution in [0.25, 0.3) is 0 Å². The number of nitrogens with zero attached hydrogens (tertiary/aromatic N) is 1. The van der Waals surface area contributed by atoms with E-state index in [1.165, 1.54) is 12.1 Å². The van der Waals surface area contributed by atoms with E-state index in [1.54, 1.807) is 17.0 Å². The molecule has 1 atom stereocenters. The monoisotopic (exact) mass is 290 g/mol. The van der Waals surface area contributed by atoms with Crippen molar-refractivity contribution in [2.24, 2.45) is 5.92 Å². The van der Waals surface area contributed by atoms with E-state index in [4.69, 9.17) is 0 Å². The topological polar surface area (TPSA) is 49.4 Å². The Labute approximate surface area is 123 Å². The summed E-state index contributed by atoms with van der Waals surface area (Å²) in [6.45, 7) is 0.417. The maximum absolute atomic E-state index is 13.3. The van der Waals surface area contributed by atoms with E-state index in [0.29, 0.717) is 12.2 Å². The molecule has 1 saturated heterocycles. The number of halogens is 1. The smallest absolute Gasteiger partial charge is 0.229 e. The fourth-order valence-corrected chi connectivity index (χ4v) is 3.20. The number of benzene rings is 1. The zero-order chi connectivity index (χ0) is 14.8. The first kappa shape index (κ1) is 14.0. The van der Waals surface area contributed by atoms with E-state index in [-0.39, 0.29) is 36.0 Å². The minimum atomic E-state index is -0.362. The molecule has 1 aliphatic carbocycles. The van der Waals surface area contributed by atoms with Crippen molar-refractivity contribution >= 4 is 17.5 Å². The second kappa shape index (κ2) is 5.84. The molecule has 2 aliphatic rings. The molecule has 1 aliphatic heterocycles. The van der Waals surface area contributed by atoms with Crippen molar-refractivity contribution < 1.29 is 14.0 Å². The van der Waals surface area contributed by atoms with Gasteiger partial charge in [-0.1, -0.05) is 18.9 Å². The summed E-state index contributed by atoms with van der Waals surface area (Å²) in [5.41, 5.74) is 0.553. The van der Waals surface area contributed by atoms with Gasteiger partial charge in [-0.05, 0) is 31.0 Å². The quantitative estimate of drug-likeness (QED) is 0.928. The number of nitrogens with one attached hydrogen (secondary N) is 1. The summed E-state index contributed by atoms with van der Waals surface area (Å²) in [6, 6.07) is 5.82. The Morgan fingerprint density at radius 3 is 2.76 bits per heavy atom. The minimum Gasteiger partial charge on any atom is -0.351 e. The summed E-state index contributed by atoms with van der Waals surface area (Å²) in [5.74, 6) is -0.272. The normalized spacial score (nSPS) is 22.8. The third-order valence-corrected chi connectivity index (χ3v) is 4.32. The van der Waals surface area contributed by atoms with Crippen molar-refractivity contribution in [2.75, 3.05) is 11.4 Å². The molecular formula is C16H19FN2O2. The Balaban J connectivity index is 1.63. The van der Waals surface area contributed by atoms with E-state index < -0.39 is 0 Å². The van der Waals surface area contributed by atoms with Crippen molar-refractivity contribution in [3.05, 3.63) is 30.1 Å². The van der Waals surface area contributed by atoms with Gasteiger partial charge in [0.15, 0.2) is 0 Å². The fourth-order valence-electron chi connectivity index (χ4n) is 3.20. The number of carbonyl (C=O) groups excluding carboxylic acids is 2. The zero-order valence-electron chi connectivity index (χ0n) is 11.8. The molecule has 1 aromatic carbocycles. The van der Waals surface area contributed by atoms with Crippen molar-refractivity contribution in [1.82, 2.24) is 5.32 Å². The van der Waals surface area contributed by atoms with Crippen molar-refractivity contribution in [3.63, 3.8) is 0 Å². The van der Waals surface area contributed by atoms with E-state index in [2.05, 4.69) is 5.32 Å². The molecule has 0 bridgehead atoms. The first-order chi connectivity index (χ1) is 10.1. The molecule has 0 aromatic heterocycles. The predicted molar refractivity (Wildman–Crippen MR) is 77.3 cm³/mol. The summed E-state index contributed by atoms with van der Waals surface area (Å²) >= 11 is 0. The van der Waals surface area contributed by atoms with Gasteiger partial charge in [0.1, 0.15) is 5.82 Å². The lowest BCUT2D eigenvalue weighted by atomic mass is 10.1. The van der Waals surface area contributed by atoms with Gasteiger partial charge in [0, 0.05) is 24.6 Å². The lowest BCUT2D eigenvalue weighted by Crippen LogP contribution is -2.40.